The summed E-state index contributed by atoms with van der Waals surface area (Å²) in [5, 5.41) is 0. The number of benzene rings is 1. The lowest BCUT2D eigenvalue weighted by molar-refractivity contribution is -0.130. The molecule has 1 aliphatic rings. The van der Waals surface area contributed by atoms with Gasteiger partial charge < -0.3 is 4.90 Å². The van der Waals surface area contributed by atoms with Crippen molar-refractivity contribution in [1.29, 1.82) is 0 Å². The number of hydrogen-bond acceptors (Lipinski definition) is 3. The molecule has 0 aromatic heterocycles. The van der Waals surface area contributed by atoms with E-state index in [9.17, 15) is 18.8 Å². The summed E-state index contributed by atoms with van der Waals surface area (Å²) in [5.41, 5.74) is -0.0784. The van der Waals surface area contributed by atoms with Crippen LogP contribution in [0.4, 0.5) is 10.1 Å². The minimum Gasteiger partial charge on any atom is -0.342 e. The molecule has 1 heterocycles. The maximum absolute atomic E-state index is 13.8. The fourth-order valence-corrected chi connectivity index (χ4v) is 2.27. The van der Waals surface area contributed by atoms with Crippen LogP contribution in [0.1, 0.15) is 24.2 Å². The van der Waals surface area contributed by atoms with E-state index in [-0.39, 0.29) is 23.7 Å². The average Bonchev–Trinajstić information content (AvgIpc) is 2.67. The number of hydrogen-bond donors (Lipinski definition) is 0. The van der Waals surface area contributed by atoms with Gasteiger partial charge in [0, 0.05) is 13.1 Å². The molecular formula is C14H15FN2O3. The molecular weight excluding hydrogens is 263 g/mol. The zero-order chi connectivity index (χ0) is 14.9. The molecule has 0 aliphatic carbocycles. The predicted octanol–water partition coefficient (Wildman–Crippen LogP) is 1.22. The molecule has 0 fully saturated rings. The summed E-state index contributed by atoms with van der Waals surface area (Å²) >= 11 is 0. The standard InChI is InChI=1S/C14H15FN2O3/c1-3-16(4-2)11(18)8-17-12-9(13(19)14(17)20)6-5-7-10(12)15/h5-7H,3-4,8H2,1-2H3. The third-order valence-corrected chi connectivity index (χ3v) is 3.35. The minimum atomic E-state index is -0.856. The lowest BCUT2D eigenvalue weighted by atomic mass is 10.1. The first-order valence-electron chi connectivity index (χ1n) is 6.43. The normalized spacial score (nSPS) is 13.7. The van der Waals surface area contributed by atoms with E-state index < -0.39 is 17.5 Å². The third kappa shape index (κ3) is 2.17. The largest absolute Gasteiger partial charge is 0.342 e. The third-order valence-electron chi connectivity index (χ3n) is 3.35. The fraction of sp³-hybridized carbons (Fsp3) is 0.357. The van der Waals surface area contributed by atoms with Gasteiger partial charge in [0.15, 0.2) is 0 Å². The number of ketones is 1. The molecule has 0 saturated heterocycles. The Labute approximate surface area is 116 Å². The number of amides is 2. The second kappa shape index (κ2) is 5.40. The summed E-state index contributed by atoms with van der Waals surface area (Å²) in [6, 6.07) is 3.93. The lowest BCUT2D eigenvalue weighted by Gasteiger charge is -2.23. The van der Waals surface area contributed by atoms with Crippen LogP contribution in [0, 0.1) is 5.82 Å². The Balaban J connectivity index is 2.33. The molecule has 0 saturated carbocycles. The number of carbonyl (C=O) groups excluding carboxylic acids is 3. The van der Waals surface area contributed by atoms with E-state index >= 15 is 0 Å². The van der Waals surface area contributed by atoms with Crippen LogP contribution in [-0.4, -0.2) is 42.1 Å². The van der Waals surface area contributed by atoms with Crippen LogP contribution < -0.4 is 4.90 Å². The van der Waals surface area contributed by atoms with Crippen molar-refractivity contribution >= 4 is 23.3 Å². The van der Waals surface area contributed by atoms with E-state index in [1.54, 1.807) is 0 Å². The highest BCUT2D eigenvalue weighted by Crippen LogP contribution is 2.31. The van der Waals surface area contributed by atoms with Gasteiger partial charge in [0.2, 0.25) is 5.91 Å². The highest BCUT2D eigenvalue weighted by atomic mass is 19.1. The van der Waals surface area contributed by atoms with Crippen LogP contribution in [-0.2, 0) is 9.59 Å². The number of likely N-dealkylation sites (N-methyl/N-ethyl adjacent to an activating group) is 1. The van der Waals surface area contributed by atoms with Crippen LogP contribution in [0.25, 0.3) is 0 Å². The quantitative estimate of drug-likeness (QED) is 0.778. The summed E-state index contributed by atoms with van der Waals surface area (Å²) in [6.45, 7) is 4.30. The van der Waals surface area contributed by atoms with Gasteiger partial charge in [-0.05, 0) is 26.0 Å². The molecule has 0 N–H and O–H groups in total. The monoisotopic (exact) mass is 278 g/mol. The smallest absolute Gasteiger partial charge is 0.300 e. The number of Topliss-reactive ketones (excluding diaryl/α,β-unsaturated/α-hetero) is 1. The maximum atomic E-state index is 13.8. The van der Waals surface area contributed by atoms with Crippen molar-refractivity contribution in [3.63, 3.8) is 0 Å². The summed E-state index contributed by atoms with van der Waals surface area (Å²) < 4.78 is 13.8. The van der Waals surface area contributed by atoms with E-state index in [0.29, 0.717) is 13.1 Å². The minimum absolute atomic E-state index is 0.0161. The summed E-state index contributed by atoms with van der Waals surface area (Å²) in [4.78, 5) is 38.1. The number of para-hydroxylation sites is 1. The maximum Gasteiger partial charge on any atom is 0.300 e. The SMILES string of the molecule is CCN(CC)C(=O)CN1C(=O)C(=O)c2cccc(F)c21. The highest BCUT2D eigenvalue weighted by Gasteiger charge is 2.39. The van der Waals surface area contributed by atoms with Crippen molar-refractivity contribution in [1.82, 2.24) is 4.90 Å². The van der Waals surface area contributed by atoms with Crippen molar-refractivity contribution in [2.75, 3.05) is 24.5 Å². The number of fused-ring (bicyclic) bond motifs is 1. The van der Waals surface area contributed by atoms with Crippen LogP contribution in [0.2, 0.25) is 0 Å². The molecule has 0 unspecified atom stereocenters. The van der Waals surface area contributed by atoms with Gasteiger partial charge in [-0.2, -0.15) is 0 Å². The summed E-state index contributed by atoms with van der Waals surface area (Å²) in [6.07, 6.45) is 0. The molecule has 1 aromatic carbocycles. The zero-order valence-corrected chi connectivity index (χ0v) is 11.4. The second-order valence-corrected chi connectivity index (χ2v) is 4.42. The molecule has 5 nitrogen and oxygen atoms in total. The summed E-state index contributed by atoms with van der Waals surface area (Å²) in [7, 11) is 0. The topological polar surface area (TPSA) is 57.7 Å². The zero-order valence-electron chi connectivity index (χ0n) is 11.4. The molecule has 106 valence electrons. The molecule has 1 aliphatic heterocycles. The Bertz CT molecular complexity index is 582. The van der Waals surface area contributed by atoms with Gasteiger partial charge in [0.05, 0.1) is 11.3 Å². The van der Waals surface area contributed by atoms with Gasteiger partial charge >= 0.3 is 0 Å². The Morgan fingerprint density at radius 3 is 2.50 bits per heavy atom. The van der Waals surface area contributed by atoms with E-state index in [1.165, 1.54) is 23.1 Å². The molecule has 6 heteroatoms. The molecule has 2 amide bonds. The van der Waals surface area contributed by atoms with Gasteiger partial charge in [-0.15, -0.1) is 0 Å². The highest BCUT2D eigenvalue weighted by molar-refractivity contribution is 6.52. The van der Waals surface area contributed by atoms with Crippen LogP contribution in [0.15, 0.2) is 18.2 Å². The number of rotatable bonds is 4. The molecule has 1 aromatic rings. The number of halogens is 1. The average molecular weight is 278 g/mol. The Morgan fingerprint density at radius 2 is 1.90 bits per heavy atom. The lowest BCUT2D eigenvalue weighted by Crippen LogP contribution is -2.42. The van der Waals surface area contributed by atoms with Gasteiger partial charge in [-0.1, -0.05) is 6.07 Å². The first kappa shape index (κ1) is 14.2. The molecule has 0 radical (unpaired) electrons. The van der Waals surface area contributed by atoms with E-state index in [4.69, 9.17) is 0 Å². The van der Waals surface area contributed by atoms with Crippen molar-refractivity contribution in [2.45, 2.75) is 13.8 Å². The van der Waals surface area contributed by atoms with Gasteiger partial charge in [0.1, 0.15) is 12.4 Å². The predicted molar refractivity (Wildman–Crippen MR) is 71.0 cm³/mol. The van der Waals surface area contributed by atoms with Crippen LogP contribution >= 0.6 is 0 Å². The fourth-order valence-electron chi connectivity index (χ4n) is 2.27. The van der Waals surface area contributed by atoms with E-state index in [2.05, 4.69) is 0 Å². The number of anilines is 1. The molecule has 0 atom stereocenters. The Hall–Kier alpha value is -2.24. The number of carbonyl (C=O) groups is 3. The van der Waals surface area contributed by atoms with Gasteiger partial charge in [-0.25, -0.2) is 4.39 Å². The van der Waals surface area contributed by atoms with Crippen molar-refractivity contribution in [2.24, 2.45) is 0 Å². The molecule has 2 rings (SSSR count). The van der Waals surface area contributed by atoms with Gasteiger partial charge in [0.25, 0.3) is 11.7 Å². The summed E-state index contributed by atoms with van der Waals surface area (Å²) in [5.74, 6) is -2.61. The Morgan fingerprint density at radius 1 is 1.25 bits per heavy atom. The van der Waals surface area contributed by atoms with E-state index in [1.807, 2.05) is 13.8 Å². The Kier molecular flexibility index (Phi) is 3.83. The number of nitrogens with zero attached hydrogens (tertiary/aromatic N) is 2. The van der Waals surface area contributed by atoms with Crippen molar-refractivity contribution in [3.8, 4) is 0 Å². The van der Waals surface area contributed by atoms with Gasteiger partial charge in [-0.3, -0.25) is 19.3 Å². The van der Waals surface area contributed by atoms with Crippen molar-refractivity contribution < 1.29 is 18.8 Å². The molecule has 0 spiro atoms. The van der Waals surface area contributed by atoms with E-state index in [0.717, 1.165) is 4.90 Å². The molecule has 0 bridgehead atoms. The first-order chi connectivity index (χ1) is 9.51. The van der Waals surface area contributed by atoms with Crippen LogP contribution in [0.5, 0.6) is 0 Å². The van der Waals surface area contributed by atoms with Crippen LogP contribution in [0.3, 0.4) is 0 Å². The van der Waals surface area contributed by atoms with Crippen molar-refractivity contribution in [3.05, 3.63) is 29.6 Å². The second-order valence-electron chi connectivity index (χ2n) is 4.42. The molecule has 20 heavy (non-hydrogen) atoms. The first-order valence-corrected chi connectivity index (χ1v) is 6.43.